The summed E-state index contributed by atoms with van der Waals surface area (Å²) in [4.78, 5) is 35.6. The summed E-state index contributed by atoms with van der Waals surface area (Å²) in [6.45, 7) is 0. The molecule has 1 aromatic carbocycles. The minimum atomic E-state index is -0.843. The predicted molar refractivity (Wildman–Crippen MR) is 84.0 cm³/mol. The molecule has 0 aromatic heterocycles. The first-order valence-corrected chi connectivity index (χ1v) is 7.98. The first-order valence-electron chi connectivity index (χ1n) is 7.98. The smallest absolute Gasteiger partial charge is 0.306 e. The summed E-state index contributed by atoms with van der Waals surface area (Å²) in [6, 6.07) is 7.15. The molecule has 6 heteroatoms. The number of anilines is 1. The molecule has 3 rings (SSSR count). The molecule has 2 aliphatic rings. The van der Waals surface area contributed by atoms with Crippen LogP contribution >= 0.6 is 0 Å². The van der Waals surface area contributed by atoms with E-state index in [1.165, 1.54) is 0 Å². The summed E-state index contributed by atoms with van der Waals surface area (Å²) < 4.78 is 0. The fraction of sp³-hybridized carbons (Fsp3) is 0.471. The molecule has 122 valence electrons. The van der Waals surface area contributed by atoms with Gasteiger partial charge in [0, 0.05) is 12.0 Å². The van der Waals surface area contributed by atoms with Crippen molar-refractivity contribution in [2.45, 2.75) is 38.1 Å². The Bertz CT molecular complexity index is 639. The van der Waals surface area contributed by atoms with Crippen LogP contribution in [0.25, 0.3) is 0 Å². The monoisotopic (exact) mass is 316 g/mol. The Labute approximate surface area is 134 Å². The van der Waals surface area contributed by atoms with E-state index >= 15 is 0 Å². The van der Waals surface area contributed by atoms with E-state index in [0.717, 1.165) is 12.8 Å². The number of amides is 2. The zero-order valence-corrected chi connectivity index (χ0v) is 12.7. The van der Waals surface area contributed by atoms with Crippen molar-refractivity contribution in [3.05, 3.63) is 29.8 Å². The van der Waals surface area contributed by atoms with Gasteiger partial charge in [-0.2, -0.15) is 0 Å². The van der Waals surface area contributed by atoms with Crippen LogP contribution < -0.4 is 10.6 Å². The molecule has 2 saturated carbocycles. The molecule has 2 atom stereocenters. The summed E-state index contributed by atoms with van der Waals surface area (Å²) in [7, 11) is 0. The van der Waals surface area contributed by atoms with Crippen molar-refractivity contribution >= 4 is 23.5 Å². The van der Waals surface area contributed by atoms with Gasteiger partial charge in [0.2, 0.25) is 5.91 Å². The van der Waals surface area contributed by atoms with E-state index < -0.39 is 11.9 Å². The van der Waals surface area contributed by atoms with Gasteiger partial charge in [-0.15, -0.1) is 0 Å². The maximum atomic E-state index is 12.4. The van der Waals surface area contributed by atoms with Crippen LogP contribution in [0.2, 0.25) is 0 Å². The lowest BCUT2D eigenvalue weighted by Gasteiger charge is -2.14. The van der Waals surface area contributed by atoms with Crippen molar-refractivity contribution < 1.29 is 19.5 Å². The van der Waals surface area contributed by atoms with Gasteiger partial charge in [-0.1, -0.05) is 12.1 Å². The van der Waals surface area contributed by atoms with Crippen LogP contribution in [0.1, 0.15) is 42.5 Å². The summed E-state index contributed by atoms with van der Waals surface area (Å²) in [5.41, 5.74) is 0.926. The zero-order valence-electron chi connectivity index (χ0n) is 12.7. The molecule has 23 heavy (non-hydrogen) atoms. The second kappa shape index (κ2) is 6.40. The van der Waals surface area contributed by atoms with Gasteiger partial charge < -0.3 is 15.7 Å². The summed E-state index contributed by atoms with van der Waals surface area (Å²) in [5.74, 6) is -1.99. The lowest BCUT2D eigenvalue weighted by Crippen LogP contribution is -2.28. The molecule has 1 aromatic rings. The zero-order chi connectivity index (χ0) is 16.4. The fourth-order valence-corrected chi connectivity index (χ4v) is 2.96. The molecular weight excluding hydrogens is 296 g/mol. The molecule has 2 amide bonds. The molecule has 0 unspecified atom stereocenters. The summed E-state index contributed by atoms with van der Waals surface area (Å²) >= 11 is 0. The van der Waals surface area contributed by atoms with Gasteiger partial charge in [0.15, 0.2) is 0 Å². The first-order chi connectivity index (χ1) is 11.0. The number of benzene rings is 1. The van der Waals surface area contributed by atoms with E-state index in [4.69, 9.17) is 5.11 Å². The molecule has 0 spiro atoms. The normalized spacial score (nSPS) is 23.3. The average molecular weight is 316 g/mol. The van der Waals surface area contributed by atoms with Crippen molar-refractivity contribution in [1.29, 1.82) is 0 Å². The number of aliphatic carboxylic acids is 1. The number of para-hydroxylation sites is 1. The highest BCUT2D eigenvalue weighted by atomic mass is 16.4. The number of hydrogen-bond donors (Lipinski definition) is 3. The minimum absolute atomic E-state index is 0.182. The van der Waals surface area contributed by atoms with Crippen LogP contribution in [-0.4, -0.2) is 28.9 Å². The third-order valence-electron chi connectivity index (χ3n) is 4.49. The standard InChI is InChI=1S/C17H20N2O4/c20-15(10-5-6-11(9-10)17(22)23)19-14-4-2-1-3-13(14)16(21)18-12-7-8-12/h1-4,10-12H,5-9H2,(H,18,21)(H,19,20)(H,22,23)/t10-,11+/m0/s1. The van der Waals surface area contributed by atoms with Crippen LogP contribution in [-0.2, 0) is 9.59 Å². The maximum absolute atomic E-state index is 12.4. The van der Waals surface area contributed by atoms with Gasteiger partial charge in [0.1, 0.15) is 0 Å². The van der Waals surface area contributed by atoms with Crippen molar-refractivity contribution in [2.75, 3.05) is 5.32 Å². The Hall–Kier alpha value is -2.37. The van der Waals surface area contributed by atoms with Gasteiger partial charge in [0.25, 0.3) is 5.91 Å². The molecule has 0 heterocycles. The van der Waals surface area contributed by atoms with Crippen LogP contribution in [0.5, 0.6) is 0 Å². The second-order valence-corrected chi connectivity index (χ2v) is 6.33. The molecule has 0 bridgehead atoms. The van der Waals surface area contributed by atoms with E-state index in [9.17, 15) is 14.4 Å². The van der Waals surface area contributed by atoms with E-state index in [0.29, 0.717) is 30.5 Å². The second-order valence-electron chi connectivity index (χ2n) is 6.33. The third-order valence-corrected chi connectivity index (χ3v) is 4.49. The largest absolute Gasteiger partial charge is 0.481 e. The van der Waals surface area contributed by atoms with Gasteiger partial charge in [0.05, 0.1) is 17.2 Å². The highest BCUT2D eigenvalue weighted by Crippen LogP contribution is 2.32. The number of carbonyl (C=O) groups is 3. The number of carbonyl (C=O) groups excluding carboxylic acids is 2. The van der Waals surface area contributed by atoms with Crippen molar-refractivity contribution in [1.82, 2.24) is 5.32 Å². The summed E-state index contributed by atoms with van der Waals surface area (Å²) in [6.07, 6.45) is 3.45. The Kier molecular flexibility index (Phi) is 4.32. The van der Waals surface area contributed by atoms with Gasteiger partial charge in [-0.3, -0.25) is 14.4 Å². The molecule has 2 fully saturated rings. The molecular formula is C17H20N2O4. The van der Waals surface area contributed by atoms with Crippen molar-refractivity contribution in [3.8, 4) is 0 Å². The van der Waals surface area contributed by atoms with E-state index in [1.54, 1.807) is 24.3 Å². The first kappa shape index (κ1) is 15.5. The Morgan fingerprint density at radius 1 is 1.00 bits per heavy atom. The number of carboxylic acids is 1. The molecule has 3 N–H and O–H groups in total. The van der Waals surface area contributed by atoms with Crippen LogP contribution in [0.3, 0.4) is 0 Å². The summed E-state index contributed by atoms with van der Waals surface area (Å²) in [5, 5.41) is 14.7. The Balaban J connectivity index is 1.66. The minimum Gasteiger partial charge on any atom is -0.481 e. The van der Waals surface area contributed by atoms with Crippen LogP contribution in [0, 0.1) is 11.8 Å². The Morgan fingerprint density at radius 3 is 2.35 bits per heavy atom. The lowest BCUT2D eigenvalue weighted by atomic mass is 10.0. The van der Waals surface area contributed by atoms with Crippen molar-refractivity contribution in [2.24, 2.45) is 11.8 Å². The SMILES string of the molecule is O=C(NC1CC1)c1ccccc1NC(=O)[C@H]1CC[C@@H](C(=O)O)C1. The molecule has 0 saturated heterocycles. The third kappa shape index (κ3) is 3.70. The predicted octanol–water partition coefficient (Wildman–Crippen LogP) is 2.02. The topological polar surface area (TPSA) is 95.5 Å². The molecule has 2 aliphatic carbocycles. The van der Waals surface area contributed by atoms with Gasteiger partial charge in [-0.05, 0) is 44.2 Å². The molecule has 0 radical (unpaired) electrons. The van der Waals surface area contributed by atoms with Gasteiger partial charge >= 0.3 is 5.97 Å². The highest BCUT2D eigenvalue weighted by Gasteiger charge is 2.34. The lowest BCUT2D eigenvalue weighted by molar-refractivity contribution is -0.141. The Morgan fingerprint density at radius 2 is 1.70 bits per heavy atom. The number of carboxylic acid groups (broad SMARTS) is 1. The van der Waals surface area contributed by atoms with Crippen LogP contribution in [0.15, 0.2) is 24.3 Å². The molecule has 0 aliphatic heterocycles. The molecule has 6 nitrogen and oxygen atoms in total. The van der Waals surface area contributed by atoms with Gasteiger partial charge in [-0.25, -0.2) is 0 Å². The maximum Gasteiger partial charge on any atom is 0.306 e. The van der Waals surface area contributed by atoms with Crippen LogP contribution in [0.4, 0.5) is 5.69 Å². The quantitative estimate of drug-likeness (QED) is 0.774. The fourth-order valence-electron chi connectivity index (χ4n) is 2.96. The number of hydrogen-bond acceptors (Lipinski definition) is 3. The van der Waals surface area contributed by atoms with E-state index in [1.807, 2.05) is 0 Å². The average Bonchev–Trinajstić information content (AvgIpc) is 3.18. The highest BCUT2D eigenvalue weighted by molar-refractivity contribution is 6.04. The van der Waals surface area contributed by atoms with E-state index in [2.05, 4.69) is 10.6 Å². The number of rotatable bonds is 5. The number of nitrogens with one attached hydrogen (secondary N) is 2. The van der Waals surface area contributed by atoms with E-state index in [-0.39, 0.29) is 23.8 Å². The van der Waals surface area contributed by atoms with Crippen molar-refractivity contribution in [3.63, 3.8) is 0 Å².